The van der Waals surface area contributed by atoms with Crippen LogP contribution >= 0.6 is 0 Å². The van der Waals surface area contributed by atoms with Gasteiger partial charge in [0.15, 0.2) is 0 Å². The Morgan fingerprint density at radius 1 is 0.952 bits per heavy atom. The van der Waals surface area contributed by atoms with E-state index < -0.39 is 0 Å². The molecule has 0 N–H and O–H groups in total. The largest absolute Gasteiger partial charge is 0.339 e. The molecule has 0 spiro atoms. The van der Waals surface area contributed by atoms with E-state index in [1.54, 1.807) is 5.56 Å². The second-order valence-electron chi connectivity index (χ2n) is 6.00. The average Bonchev–Trinajstić information content (AvgIpc) is 2.82. The topological polar surface area (TPSA) is 8.17 Å². The molecule has 21 heavy (non-hydrogen) atoms. The molecule has 0 atom stereocenters. The third-order valence-electron chi connectivity index (χ3n) is 4.54. The second-order valence-corrected chi connectivity index (χ2v) is 6.00. The van der Waals surface area contributed by atoms with Crippen LogP contribution in [-0.4, -0.2) is 23.1 Å². The summed E-state index contributed by atoms with van der Waals surface area (Å²) < 4.78 is 2.51. The quantitative estimate of drug-likeness (QED) is 0.693. The van der Waals surface area contributed by atoms with Gasteiger partial charge in [-0.2, -0.15) is 0 Å². The fourth-order valence-corrected chi connectivity index (χ4v) is 3.47. The van der Waals surface area contributed by atoms with Crippen LogP contribution in [0.3, 0.4) is 0 Å². The Kier molecular flexibility index (Phi) is 3.04. The lowest BCUT2D eigenvalue weighted by molar-refractivity contribution is 0.304. The fraction of sp³-hybridized carbons (Fsp3) is 0.263. The van der Waals surface area contributed by atoms with E-state index in [1.807, 2.05) is 0 Å². The number of aromatic nitrogens is 1. The van der Waals surface area contributed by atoms with Crippen LogP contribution in [-0.2, 0) is 19.5 Å². The highest BCUT2D eigenvalue weighted by atomic mass is 15.1. The highest BCUT2D eigenvalue weighted by Gasteiger charge is 2.21. The molecule has 1 aromatic heterocycles. The number of para-hydroxylation sites is 1. The molecule has 0 radical (unpaired) electrons. The lowest BCUT2D eigenvalue weighted by Crippen LogP contribution is -2.27. The van der Waals surface area contributed by atoms with Crippen molar-refractivity contribution in [2.75, 3.05) is 13.6 Å². The van der Waals surface area contributed by atoms with Gasteiger partial charge in [-0.25, -0.2) is 0 Å². The highest BCUT2D eigenvalue weighted by molar-refractivity contribution is 5.86. The monoisotopic (exact) mass is 276 g/mol. The number of fused-ring (bicyclic) bond motifs is 3. The van der Waals surface area contributed by atoms with Gasteiger partial charge in [0.25, 0.3) is 0 Å². The van der Waals surface area contributed by atoms with Crippen LogP contribution in [0, 0.1) is 0 Å². The first-order valence-corrected chi connectivity index (χ1v) is 7.64. The molecule has 2 aromatic carbocycles. The first-order valence-electron chi connectivity index (χ1n) is 7.64. The van der Waals surface area contributed by atoms with Crippen molar-refractivity contribution < 1.29 is 0 Å². The highest BCUT2D eigenvalue weighted by Crippen LogP contribution is 2.31. The van der Waals surface area contributed by atoms with Crippen LogP contribution in [0.4, 0.5) is 0 Å². The molecular weight excluding hydrogens is 256 g/mol. The van der Waals surface area contributed by atoms with Gasteiger partial charge in [-0.1, -0.05) is 48.5 Å². The third kappa shape index (κ3) is 2.16. The summed E-state index contributed by atoms with van der Waals surface area (Å²) >= 11 is 0. The van der Waals surface area contributed by atoms with Crippen molar-refractivity contribution >= 4 is 10.9 Å². The molecule has 1 aliphatic heterocycles. The predicted octanol–water partition coefficient (Wildman–Crippen LogP) is 3.68. The van der Waals surface area contributed by atoms with Crippen molar-refractivity contribution in [2.24, 2.45) is 0 Å². The minimum atomic E-state index is 0.963. The molecule has 2 heteroatoms. The maximum Gasteiger partial charge on any atom is 0.0488 e. The smallest absolute Gasteiger partial charge is 0.0488 e. The number of hydrogen-bond acceptors (Lipinski definition) is 1. The van der Waals surface area contributed by atoms with Gasteiger partial charge in [0, 0.05) is 36.2 Å². The SMILES string of the molecule is CN1CCc2c(n(Cc3ccccc3)c3ccccc23)C1. The van der Waals surface area contributed by atoms with Gasteiger partial charge in [-0.3, -0.25) is 0 Å². The van der Waals surface area contributed by atoms with Crippen molar-refractivity contribution in [3.05, 3.63) is 71.4 Å². The minimum absolute atomic E-state index is 0.963. The fourth-order valence-electron chi connectivity index (χ4n) is 3.47. The normalized spacial score (nSPS) is 15.3. The molecule has 1 aliphatic rings. The summed E-state index contributed by atoms with van der Waals surface area (Å²) in [6, 6.07) is 19.6. The summed E-state index contributed by atoms with van der Waals surface area (Å²) in [5, 5.41) is 1.44. The van der Waals surface area contributed by atoms with Gasteiger partial charge in [0.2, 0.25) is 0 Å². The van der Waals surface area contributed by atoms with Crippen molar-refractivity contribution in [1.29, 1.82) is 0 Å². The molecule has 2 heterocycles. The summed E-state index contributed by atoms with van der Waals surface area (Å²) in [6.45, 7) is 3.17. The van der Waals surface area contributed by atoms with Gasteiger partial charge in [-0.05, 0) is 30.7 Å². The molecule has 2 nitrogen and oxygen atoms in total. The number of rotatable bonds is 2. The van der Waals surface area contributed by atoms with Crippen LogP contribution in [0.1, 0.15) is 16.8 Å². The van der Waals surface area contributed by atoms with E-state index in [4.69, 9.17) is 0 Å². The Hall–Kier alpha value is -2.06. The standard InChI is InChI=1S/C19H20N2/c1-20-12-11-17-16-9-5-6-10-18(16)21(19(17)14-20)13-15-7-3-2-4-8-15/h2-10H,11-14H2,1H3. The number of hydrogen-bond donors (Lipinski definition) is 0. The van der Waals surface area contributed by atoms with Crippen molar-refractivity contribution in [3.63, 3.8) is 0 Å². The Balaban J connectivity index is 1.89. The van der Waals surface area contributed by atoms with Crippen LogP contribution in [0.15, 0.2) is 54.6 Å². The zero-order chi connectivity index (χ0) is 14.2. The molecule has 106 valence electrons. The Bertz CT molecular complexity index is 771. The van der Waals surface area contributed by atoms with Crippen molar-refractivity contribution in [1.82, 2.24) is 9.47 Å². The van der Waals surface area contributed by atoms with E-state index in [0.717, 1.165) is 26.1 Å². The first-order chi connectivity index (χ1) is 10.3. The van der Waals surface area contributed by atoms with Crippen molar-refractivity contribution in [3.8, 4) is 0 Å². The second kappa shape index (κ2) is 5.05. The molecule has 0 amide bonds. The number of likely N-dealkylation sites (N-methyl/N-ethyl adjacent to an activating group) is 1. The van der Waals surface area contributed by atoms with E-state index >= 15 is 0 Å². The zero-order valence-corrected chi connectivity index (χ0v) is 12.4. The van der Waals surface area contributed by atoms with Crippen molar-refractivity contribution in [2.45, 2.75) is 19.5 Å². The van der Waals surface area contributed by atoms with Gasteiger partial charge >= 0.3 is 0 Å². The molecule has 0 bridgehead atoms. The number of benzene rings is 2. The molecule has 0 saturated carbocycles. The van der Waals surface area contributed by atoms with E-state index in [2.05, 4.69) is 71.1 Å². The summed E-state index contributed by atoms with van der Waals surface area (Å²) in [6.07, 6.45) is 1.16. The van der Waals surface area contributed by atoms with E-state index in [1.165, 1.54) is 22.2 Å². The lowest BCUT2D eigenvalue weighted by Gasteiger charge is -2.24. The molecule has 0 aliphatic carbocycles. The summed E-state index contributed by atoms with van der Waals surface area (Å²) in [7, 11) is 2.22. The van der Waals surface area contributed by atoms with Crippen LogP contribution in [0.25, 0.3) is 10.9 Å². The molecule has 0 saturated heterocycles. The van der Waals surface area contributed by atoms with Crippen LogP contribution in [0.5, 0.6) is 0 Å². The Labute approximate surface area is 125 Å². The Morgan fingerprint density at radius 2 is 1.71 bits per heavy atom. The van der Waals surface area contributed by atoms with E-state index in [9.17, 15) is 0 Å². The molecule has 0 fully saturated rings. The van der Waals surface area contributed by atoms with E-state index in [-0.39, 0.29) is 0 Å². The number of nitrogens with zero attached hydrogens (tertiary/aromatic N) is 2. The molecule has 4 rings (SSSR count). The predicted molar refractivity (Wildman–Crippen MR) is 87.5 cm³/mol. The maximum atomic E-state index is 2.51. The lowest BCUT2D eigenvalue weighted by atomic mass is 10.0. The van der Waals surface area contributed by atoms with Crippen LogP contribution in [0.2, 0.25) is 0 Å². The van der Waals surface area contributed by atoms with E-state index in [0.29, 0.717) is 0 Å². The zero-order valence-electron chi connectivity index (χ0n) is 12.4. The summed E-state index contributed by atoms with van der Waals surface area (Å²) in [5.74, 6) is 0. The third-order valence-corrected chi connectivity index (χ3v) is 4.54. The first kappa shape index (κ1) is 12.7. The Morgan fingerprint density at radius 3 is 2.57 bits per heavy atom. The average molecular weight is 276 g/mol. The molecular formula is C19H20N2. The molecule has 0 unspecified atom stereocenters. The molecule has 3 aromatic rings. The summed E-state index contributed by atoms with van der Waals surface area (Å²) in [4.78, 5) is 2.42. The minimum Gasteiger partial charge on any atom is -0.339 e. The maximum absolute atomic E-state index is 2.51. The van der Waals surface area contributed by atoms with Gasteiger partial charge in [0.1, 0.15) is 0 Å². The van der Waals surface area contributed by atoms with Crippen LogP contribution < -0.4 is 0 Å². The summed E-state index contributed by atoms with van der Waals surface area (Å²) in [5.41, 5.74) is 5.80. The van der Waals surface area contributed by atoms with Gasteiger partial charge in [-0.15, -0.1) is 0 Å². The van der Waals surface area contributed by atoms with Gasteiger partial charge < -0.3 is 9.47 Å². The van der Waals surface area contributed by atoms with Gasteiger partial charge in [0.05, 0.1) is 0 Å².